The number of aromatic nitrogens is 2. The zero-order valence-electron chi connectivity index (χ0n) is 17.3. The van der Waals surface area contributed by atoms with Crippen LogP contribution in [0.5, 0.6) is 0 Å². The Labute approximate surface area is 186 Å². The topological polar surface area (TPSA) is 59.8 Å². The van der Waals surface area contributed by atoms with E-state index in [1.54, 1.807) is 0 Å². The molecule has 0 saturated heterocycles. The Kier molecular flexibility index (Phi) is 9.21. The maximum Gasteiger partial charge on any atom is 0.169 e. The molecule has 4 nitrogen and oxygen atoms in total. The van der Waals surface area contributed by atoms with Crippen LogP contribution in [-0.4, -0.2) is 13.1 Å². The fraction of sp³-hybridized carbons (Fsp3) is 0.375. The summed E-state index contributed by atoms with van der Waals surface area (Å²) in [5.74, 6) is 0. The van der Waals surface area contributed by atoms with Crippen LogP contribution >= 0.6 is 15.6 Å². The molecule has 202 valence electrons. The summed E-state index contributed by atoms with van der Waals surface area (Å²) in [6, 6.07) is 8.60. The van der Waals surface area contributed by atoms with E-state index in [0.717, 1.165) is 39.0 Å². The molecule has 0 aromatic carbocycles. The van der Waals surface area contributed by atoms with Crippen LogP contribution in [0.3, 0.4) is 0 Å². The summed E-state index contributed by atoms with van der Waals surface area (Å²) in [4.78, 5) is 0. The summed E-state index contributed by atoms with van der Waals surface area (Å²) in [7, 11) is -21.3. The molecule has 0 atom stereocenters. The normalized spacial score (nSPS) is 15.8. The largest absolute Gasteiger partial charge is 0.330 e. The van der Waals surface area contributed by atoms with Crippen LogP contribution in [0.25, 0.3) is 11.1 Å². The van der Waals surface area contributed by atoms with E-state index in [2.05, 4.69) is 58.2 Å². The van der Waals surface area contributed by atoms with Gasteiger partial charge in [0.15, 0.2) is 24.8 Å². The molecule has 2 aromatic rings. The maximum absolute atomic E-state index is 10.7. The smallest absolute Gasteiger partial charge is 0.169 e. The molecule has 0 radical (unpaired) electrons. The number of hydrogen-bond acceptors (Lipinski definition) is 2. The molecule has 0 fully saturated rings. The average Bonchev–Trinajstić information content (AvgIpc) is 2.60. The van der Waals surface area contributed by atoms with Gasteiger partial charge in [-0.2, -0.15) is 0 Å². The van der Waals surface area contributed by atoms with Crippen LogP contribution in [-0.2, 0) is 13.1 Å². The van der Waals surface area contributed by atoms with Crippen molar-refractivity contribution in [1.29, 1.82) is 0 Å². The average molecular weight is 562 g/mol. The summed E-state index contributed by atoms with van der Waals surface area (Å²) in [5, 5.41) is 0. The molecule has 0 bridgehead atoms. The summed E-state index contributed by atoms with van der Waals surface area (Å²) >= 11 is 0. The molecule has 0 aliphatic carbocycles. The summed E-state index contributed by atoms with van der Waals surface area (Å²) < 4.78 is 123. The van der Waals surface area contributed by atoms with Gasteiger partial charge in [-0.05, 0) is 24.2 Å². The third kappa shape index (κ3) is 28.3. The first-order chi connectivity index (χ1) is 14.7. The standard InChI is InChI=1S/C16H24N4.2F6P/c17-7-1-9-19-11-3-15(4-12-19)16-5-13-20(14-6-16)10-2-8-18;2*1-7(2,3,4,5)6/h3-6,11-14H,1-2,7-10,17-18H2;;/q+2;2*-1. The molecule has 0 aliphatic heterocycles. The number of rotatable bonds is 7. The van der Waals surface area contributed by atoms with E-state index in [0.29, 0.717) is 0 Å². The Bertz CT molecular complexity index is 796. The minimum absolute atomic E-state index is 0.732. The van der Waals surface area contributed by atoms with Crippen molar-refractivity contribution in [3.63, 3.8) is 0 Å². The molecule has 0 saturated carbocycles. The quantitative estimate of drug-likeness (QED) is 0.210. The van der Waals surface area contributed by atoms with E-state index in [1.807, 2.05) is 0 Å². The number of aryl methyl sites for hydroxylation is 2. The fourth-order valence-corrected chi connectivity index (χ4v) is 2.15. The van der Waals surface area contributed by atoms with Crippen molar-refractivity contribution in [2.45, 2.75) is 25.9 Å². The van der Waals surface area contributed by atoms with Gasteiger partial charge in [0.05, 0.1) is 0 Å². The van der Waals surface area contributed by atoms with Gasteiger partial charge in [0.1, 0.15) is 13.1 Å². The van der Waals surface area contributed by atoms with Gasteiger partial charge < -0.3 is 11.5 Å². The molecule has 18 heteroatoms. The van der Waals surface area contributed by atoms with E-state index in [4.69, 9.17) is 11.5 Å². The molecule has 4 N–H and O–H groups in total. The molecule has 0 unspecified atom stereocenters. The summed E-state index contributed by atoms with van der Waals surface area (Å²) in [6.45, 7) is 3.42. The second-order valence-corrected chi connectivity index (χ2v) is 10.7. The van der Waals surface area contributed by atoms with Gasteiger partial charge in [0.2, 0.25) is 0 Å². The summed E-state index contributed by atoms with van der Waals surface area (Å²) in [5.41, 5.74) is 13.5. The number of nitrogens with two attached hydrogens (primary N) is 2. The van der Waals surface area contributed by atoms with E-state index in [1.165, 1.54) is 11.1 Å². The molecule has 0 aliphatic rings. The Morgan fingerprint density at radius 3 is 0.882 bits per heavy atom. The van der Waals surface area contributed by atoms with E-state index < -0.39 is 15.6 Å². The Morgan fingerprint density at radius 2 is 0.706 bits per heavy atom. The zero-order valence-corrected chi connectivity index (χ0v) is 19.1. The summed E-state index contributed by atoms with van der Waals surface area (Å²) in [6.07, 6.45) is 10.5. The molecule has 2 heterocycles. The zero-order chi connectivity index (χ0) is 27.0. The first kappa shape index (κ1) is 32.2. The number of nitrogens with zero attached hydrogens (tertiary/aromatic N) is 2. The van der Waals surface area contributed by atoms with Crippen molar-refractivity contribution >= 4 is 15.6 Å². The van der Waals surface area contributed by atoms with Crippen molar-refractivity contribution in [3.8, 4) is 11.1 Å². The molecule has 34 heavy (non-hydrogen) atoms. The van der Waals surface area contributed by atoms with Crippen LogP contribution in [0.1, 0.15) is 12.8 Å². The van der Waals surface area contributed by atoms with Crippen molar-refractivity contribution in [2.24, 2.45) is 11.5 Å². The van der Waals surface area contributed by atoms with E-state index >= 15 is 0 Å². The molecule has 2 rings (SSSR count). The number of halogens is 12. The van der Waals surface area contributed by atoms with Crippen molar-refractivity contribution in [1.82, 2.24) is 0 Å². The Balaban J connectivity index is 0.000000642. The molecular formula is C16H24F12N4P2. The van der Waals surface area contributed by atoms with Crippen molar-refractivity contribution in [2.75, 3.05) is 13.1 Å². The van der Waals surface area contributed by atoms with Crippen molar-refractivity contribution < 1.29 is 59.5 Å². The maximum atomic E-state index is 9.87. The van der Waals surface area contributed by atoms with E-state index in [-0.39, 0.29) is 0 Å². The second kappa shape index (κ2) is 9.71. The van der Waals surface area contributed by atoms with Gasteiger partial charge in [-0.3, -0.25) is 0 Å². The SMILES string of the molecule is F[P-](F)(F)(F)(F)F.F[P-](F)(F)(F)(F)F.NCCC[n+]1ccc(-c2cc[n+](CCCN)cc2)cc1. The monoisotopic (exact) mass is 562 g/mol. The second-order valence-electron chi connectivity index (χ2n) is 6.85. The van der Waals surface area contributed by atoms with Gasteiger partial charge in [0, 0.05) is 37.1 Å². The minimum Gasteiger partial charge on any atom is -0.330 e. The van der Waals surface area contributed by atoms with Crippen LogP contribution in [0.15, 0.2) is 49.1 Å². The van der Waals surface area contributed by atoms with Crippen LogP contribution in [0.4, 0.5) is 50.4 Å². The van der Waals surface area contributed by atoms with Crippen LogP contribution in [0, 0.1) is 0 Å². The van der Waals surface area contributed by atoms with E-state index in [9.17, 15) is 50.4 Å². The molecule has 0 spiro atoms. The van der Waals surface area contributed by atoms with Gasteiger partial charge in [0.25, 0.3) is 0 Å². The Morgan fingerprint density at radius 1 is 0.500 bits per heavy atom. The molecule has 2 aromatic heterocycles. The number of hydrogen-bond donors (Lipinski definition) is 2. The van der Waals surface area contributed by atoms with Crippen molar-refractivity contribution in [3.05, 3.63) is 49.1 Å². The number of pyridine rings is 2. The predicted molar refractivity (Wildman–Crippen MR) is 107 cm³/mol. The van der Waals surface area contributed by atoms with Gasteiger partial charge in [-0.15, -0.1) is 0 Å². The minimum atomic E-state index is -10.7. The first-order valence-electron chi connectivity index (χ1n) is 9.25. The van der Waals surface area contributed by atoms with Crippen LogP contribution < -0.4 is 20.6 Å². The fourth-order valence-electron chi connectivity index (χ4n) is 2.15. The molecular weight excluding hydrogens is 538 g/mol. The van der Waals surface area contributed by atoms with Gasteiger partial charge >= 0.3 is 66.0 Å². The van der Waals surface area contributed by atoms with Gasteiger partial charge in [-0.1, -0.05) is 0 Å². The Hall–Kier alpha value is -1.76. The third-order valence-electron chi connectivity index (χ3n) is 3.36. The molecule has 0 amide bonds. The van der Waals surface area contributed by atoms with Crippen LogP contribution in [0.2, 0.25) is 0 Å². The third-order valence-corrected chi connectivity index (χ3v) is 3.36. The predicted octanol–water partition coefficient (Wildman–Crippen LogP) is 7.39. The van der Waals surface area contributed by atoms with Gasteiger partial charge in [-0.25, -0.2) is 9.13 Å². The first-order valence-corrected chi connectivity index (χ1v) is 13.3.